The highest BCUT2D eigenvalue weighted by Gasteiger charge is 2.29. The second kappa shape index (κ2) is 8.08. The molecule has 0 aliphatic carbocycles. The van der Waals surface area contributed by atoms with Crippen molar-refractivity contribution in [3.05, 3.63) is 29.8 Å². The summed E-state index contributed by atoms with van der Waals surface area (Å²) in [6, 6.07) is 7.61. The number of piperazine rings is 1. The highest BCUT2D eigenvalue weighted by Crippen LogP contribution is 2.17. The molecule has 0 saturated carbocycles. The molecule has 6 heteroatoms. The zero-order valence-corrected chi connectivity index (χ0v) is 13.9. The summed E-state index contributed by atoms with van der Waals surface area (Å²) >= 11 is 0. The van der Waals surface area contributed by atoms with E-state index in [2.05, 4.69) is 4.90 Å². The van der Waals surface area contributed by atoms with Crippen LogP contribution in [0.25, 0.3) is 0 Å². The second-order valence-corrected chi connectivity index (χ2v) is 5.75. The minimum atomic E-state index is -0.478. The van der Waals surface area contributed by atoms with Crippen LogP contribution < -0.4 is 4.90 Å². The molecule has 2 rings (SSSR count). The highest BCUT2D eigenvalue weighted by molar-refractivity contribution is 6.40. The third-order valence-corrected chi connectivity index (χ3v) is 4.13. The van der Waals surface area contributed by atoms with Crippen LogP contribution in [0.15, 0.2) is 24.3 Å². The summed E-state index contributed by atoms with van der Waals surface area (Å²) in [6.45, 7) is 7.44. The van der Waals surface area contributed by atoms with E-state index in [9.17, 15) is 9.59 Å². The first-order chi connectivity index (χ1) is 11.1. The van der Waals surface area contributed by atoms with Gasteiger partial charge in [0.2, 0.25) is 0 Å². The van der Waals surface area contributed by atoms with Crippen molar-refractivity contribution in [3.8, 4) is 0 Å². The van der Waals surface area contributed by atoms with Gasteiger partial charge in [-0.1, -0.05) is 12.1 Å². The molecule has 1 saturated heterocycles. The van der Waals surface area contributed by atoms with Crippen LogP contribution in [0.5, 0.6) is 0 Å². The number of benzene rings is 1. The monoisotopic (exact) mass is 319 g/mol. The number of rotatable bonds is 4. The van der Waals surface area contributed by atoms with E-state index in [1.807, 2.05) is 38.1 Å². The number of aryl methyl sites for hydroxylation is 1. The maximum absolute atomic E-state index is 12.6. The molecule has 0 bridgehead atoms. The molecule has 126 valence electrons. The third kappa shape index (κ3) is 4.30. The maximum atomic E-state index is 12.6. The maximum Gasteiger partial charge on any atom is 0.316 e. The Morgan fingerprint density at radius 2 is 1.91 bits per heavy atom. The van der Waals surface area contributed by atoms with Gasteiger partial charge in [0.15, 0.2) is 0 Å². The number of carbonyl (C=O) groups is 2. The van der Waals surface area contributed by atoms with E-state index >= 15 is 0 Å². The highest BCUT2D eigenvalue weighted by atomic mass is 16.3. The van der Waals surface area contributed by atoms with Crippen LogP contribution in [0.1, 0.15) is 12.5 Å². The molecule has 0 radical (unpaired) electrons. The number of hydrogen-bond acceptors (Lipinski definition) is 4. The Labute approximate surface area is 137 Å². The van der Waals surface area contributed by atoms with Gasteiger partial charge in [-0.25, -0.2) is 0 Å². The van der Waals surface area contributed by atoms with Gasteiger partial charge in [0.05, 0.1) is 6.61 Å². The first kappa shape index (κ1) is 17.4. The van der Waals surface area contributed by atoms with Crippen molar-refractivity contribution in [2.45, 2.75) is 13.8 Å². The molecule has 6 nitrogen and oxygen atoms in total. The lowest BCUT2D eigenvalue weighted by Crippen LogP contribution is -2.53. The molecular formula is C17H25N3O3. The fourth-order valence-electron chi connectivity index (χ4n) is 2.81. The molecule has 0 unspecified atom stereocenters. The van der Waals surface area contributed by atoms with Crippen LogP contribution >= 0.6 is 0 Å². The number of β-amino-alcohol motifs (C(OH)–C–C–N with tert-alkyl or cyclic N) is 1. The second-order valence-electron chi connectivity index (χ2n) is 5.75. The third-order valence-electron chi connectivity index (χ3n) is 4.13. The molecule has 2 amide bonds. The topological polar surface area (TPSA) is 64.1 Å². The number of likely N-dealkylation sites (N-methyl/N-ethyl adjacent to an activating group) is 1. The lowest BCUT2D eigenvalue weighted by molar-refractivity contribution is -0.145. The fourth-order valence-corrected chi connectivity index (χ4v) is 2.81. The molecule has 23 heavy (non-hydrogen) atoms. The van der Waals surface area contributed by atoms with Crippen LogP contribution in [0.2, 0.25) is 0 Å². The lowest BCUT2D eigenvalue weighted by atomic mass is 10.2. The largest absolute Gasteiger partial charge is 0.395 e. The van der Waals surface area contributed by atoms with E-state index in [0.717, 1.165) is 11.3 Å². The molecule has 1 fully saturated rings. The molecule has 1 heterocycles. The predicted octanol–water partition coefficient (Wildman–Crippen LogP) is 0.484. The summed E-state index contributed by atoms with van der Waals surface area (Å²) in [4.78, 5) is 30.3. The number of hydrogen-bond donors (Lipinski definition) is 1. The molecular weight excluding hydrogens is 294 g/mol. The van der Waals surface area contributed by atoms with Gasteiger partial charge >= 0.3 is 11.8 Å². The van der Waals surface area contributed by atoms with Crippen LogP contribution in [0.3, 0.4) is 0 Å². The van der Waals surface area contributed by atoms with Gasteiger partial charge in [0, 0.05) is 45.0 Å². The van der Waals surface area contributed by atoms with Crippen molar-refractivity contribution in [2.75, 3.05) is 50.8 Å². The van der Waals surface area contributed by atoms with Crippen molar-refractivity contribution in [1.82, 2.24) is 9.80 Å². The first-order valence-corrected chi connectivity index (χ1v) is 8.07. The minimum Gasteiger partial charge on any atom is -0.395 e. The number of nitrogens with zero attached hydrogens (tertiary/aromatic N) is 3. The molecule has 1 aromatic rings. The Morgan fingerprint density at radius 1 is 1.22 bits per heavy atom. The van der Waals surface area contributed by atoms with Crippen LogP contribution in [-0.4, -0.2) is 72.6 Å². The van der Waals surface area contributed by atoms with Gasteiger partial charge in [-0.15, -0.1) is 0 Å². The first-order valence-electron chi connectivity index (χ1n) is 8.07. The summed E-state index contributed by atoms with van der Waals surface area (Å²) in [5, 5.41) is 8.95. The Bertz CT molecular complexity index is 554. The zero-order valence-electron chi connectivity index (χ0n) is 13.9. The Balaban J connectivity index is 2.02. The number of anilines is 1. The molecule has 0 atom stereocenters. The van der Waals surface area contributed by atoms with Gasteiger partial charge in [0.1, 0.15) is 0 Å². The van der Waals surface area contributed by atoms with Crippen molar-refractivity contribution in [2.24, 2.45) is 0 Å². The van der Waals surface area contributed by atoms with Gasteiger partial charge in [-0.3, -0.25) is 14.5 Å². The number of aliphatic hydroxyl groups is 1. The smallest absolute Gasteiger partial charge is 0.316 e. The molecule has 1 aromatic carbocycles. The van der Waals surface area contributed by atoms with E-state index < -0.39 is 11.8 Å². The Morgan fingerprint density at radius 3 is 2.48 bits per heavy atom. The van der Waals surface area contributed by atoms with Gasteiger partial charge < -0.3 is 14.9 Å². The summed E-state index contributed by atoms with van der Waals surface area (Å²) < 4.78 is 0. The Kier molecular flexibility index (Phi) is 6.12. The van der Waals surface area contributed by atoms with E-state index in [-0.39, 0.29) is 6.61 Å². The summed E-state index contributed by atoms with van der Waals surface area (Å²) in [7, 11) is 0. The lowest BCUT2D eigenvalue weighted by Gasteiger charge is -2.34. The van der Waals surface area contributed by atoms with Crippen LogP contribution in [0, 0.1) is 6.92 Å². The minimum absolute atomic E-state index is 0.115. The summed E-state index contributed by atoms with van der Waals surface area (Å²) in [6.07, 6.45) is 0. The number of aliphatic hydroxyl groups excluding tert-OH is 1. The van der Waals surface area contributed by atoms with Crippen molar-refractivity contribution in [1.29, 1.82) is 0 Å². The number of amides is 2. The SMILES string of the molecule is CCN(C(=O)C(=O)N1CCN(CCO)CC1)c1cccc(C)c1. The molecule has 0 spiro atoms. The Hall–Kier alpha value is -1.92. The normalized spacial score (nSPS) is 15.5. The van der Waals surface area contributed by atoms with Gasteiger partial charge in [-0.2, -0.15) is 0 Å². The average molecular weight is 319 g/mol. The average Bonchev–Trinajstić information content (AvgIpc) is 2.56. The number of carbonyl (C=O) groups excluding carboxylic acids is 2. The van der Waals surface area contributed by atoms with E-state index in [1.165, 1.54) is 4.90 Å². The van der Waals surface area contributed by atoms with Crippen molar-refractivity contribution in [3.63, 3.8) is 0 Å². The summed E-state index contributed by atoms with van der Waals surface area (Å²) in [5.41, 5.74) is 1.81. The standard InChI is InChI=1S/C17H25N3O3/c1-3-20(15-6-4-5-14(2)13-15)17(23)16(22)19-9-7-18(8-10-19)11-12-21/h4-6,13,21H,3,7-12H2,1-2H3. The molecule has 1 aliphatic heterocycles. The van der Waals surface area contributed by atoms with E-state index in [0.29, 0.717) is 39.3 Å². The summed E-state index contributed by atoms with van der Waals surface area (Å²) in [5.74, 6) is -0.925. The van der Waals surface area contributed by atoms with Crippen LogP contribution in [-0.2, 0) is 9.59 Å². The fraction of sp³-hybridized carbons (Fsp3) is 0.529. The van der Waals surface area contributed by atoms with Gasteiger partial charge in [0.25, 0.3) is 0 Å². The van der Waals surface area contributed by atoms with Crippen molar-refractivity contribution < 1.29 is 14.7 Å². The van der Waals surface area contributed by atoms with E-state index in [4.69, 9.17) is 5.11 Å². The van der Waals surface area contributed by atoms with E-state index in [1.54, 1.807) is 4.90 Å². The molecule has 1 aliphatic rings. The van der Waals surface area contributed by atoms with Crippen molar-refractivity contribution >= 4 is 17.5 Å². The quantitative estimate of drug-likeness (QED) is 0.820. The predicted molar refractivity (Wildman–Crippen MR) is 89.3 cm³/mol. The zero-order chi connectivity index (χ0) is 16.8. The molecule has 0 aromatic heterocycles. The van der Waals surface area contributed by atoms with Crippen LogP contribution in [0.4, 0.5) is 5.69 Å². The molecule has 1 N–H and O–H groups in total. The van der Waals surface area contributed by atoms with Gasteiger partial charge in [-0.05, 0) is 31.5 Å².